The molecule has 1 aliphatic heterocycles. The van der Waals surface area contributed by atoms with E-state index in [1.54, 1.807) is 0 Å². The SMILES string of the molecule is ONCc1ccc(C2=NCCO2)cc1. The van der Waals surface area contributed by atoms with Crippen molar-refractivity contribution in [2.24, 2.45) is 4.99 Å². The molecule has 0 atom stereocenters. The largest absolute Gasteiger partial charge is 0.476 e. The highest BCUT2D eigenvalue weighted by atomic mass is 16.5. The first-order chi connectivity index (χ1) is 6.90. The smallest absolute Gasteiger partial charge is 0.216 e. The van der Waals surface area contributed by atoms with E-state index in [-0.39, 0.29) is 0 Å². The number of rotatable bonds is 3. The number of hydrogen-bond acceptors (Lipinski definition) is 4. The third kappa shape index (κ3) is 1.92. The fourth-order valence-electron chi connectivity index (χ4n) is 1.37. The lowest BCUT2D eigenvalue weighted by Gasteiger charge is -2.03. The van der Waals surface area contributed by atoms with Crippen molar-refractivity contribution in [2.45, 2.75) is 6.54 Å². The lowest BCUT2D eigenvalue weighted by atomic mass is 10.1. The van der Waals surface area contributed by atoms with Crippen LogP contribution >= 0.6 is 0 Å². The molecule has 1 aromatic rings. The molecule has 0 fully saturated rings. The van der Waals surface area contributed by atoms with Gasteiger partial charge in [0.05, 0.1) is 6.54 Å². The van der Waals surface area contributed by atoms with Gasteiger partial charge in [0.15, 0.2) is 0 Å². The molecular formula is C10H12N2O2. The summed E-state index contributed by atoms with van der Waals surface area (Å²) in [5.41, 5.74) is 4.12. The quantitative estimate of drug-likeness (QED) is 0.701. The van der Waals surface area contributed by atoms with Gasteiger partial charge in [-0.3, -0.25) is 0 Å². The molecule has 0 aliphatic carbocycles. The Kier molecular flexibility index (Phi) is 2.76. The van der Waals surface area contributed by atoms with E-state index < -0.39 is 0 Å². The van der Waals surface area contributed by atoms with Crippen molar-refractivity contribution in [1.82, 2.24) is 5.48 Å². The lowest BCUT2D eigenvalue weighted by Crippen LogP contribution is -2.06. The number of nitrogens with zero attached hydrogens (tertiary/aromatic N) is 1. The second-order valence-corrected chi connectivity index (χ2v) is 3.07. The van der Waals surface area contributed by atoms with Gasteiger partial charge in [-0.2, -0.15) is 0 Å². The number of hydroxylamine groups is 1. The first-order valence-corrected chi connectivity index (χ1v) is 4.53. The Morgan fingerprint density at radius 1 is 1.36 bits per heavy atom. The zero-order valence-corrected chi connectivity index (χ0v) is 7.73. The highest BCUT2D eigenvalue weighted by Gasteiger charge is 2.09. The van der Waals surface area contributed by atoms with Crippen molar-refractivity contribution in [3.8, 4) is 0 Å². The molecule has 14 heavy (non-hydrogen) atoms. The fraction of sp³-hybridized carbons (Fsp3) is 0.300. The van der Waals surface area contributed by atoms with E-state index in [0.717, 1.165) is 17.7 Å². The van der Waals surface area contributed by atoms with Crippen LogP contribution in [-0.2, 0) is 11.3 Å². The molecule has 4 heteroatoms. The van der Waals surface area contributed by atoms with Crippen LogP contribution in [0.2, 0.25) is 0 Å². The van der Waals surface area contributed by atoms with E-state index in [0.29, 0.717) is 19.0 Å². The third-order valence-corrected chi connectivity index (χ3v) is 2.07. The molecule has 0 saturated heterocycles. The molecule has 4 nitrogen and oxygen atoms in total. The maximum atomic E-state index is 8.50. The lowest BCUT2D eigenvalue weighted by molar-refractivity contribution is 0.161. The molecule has 1 aromatic carbocycles. The molecular weight excluding hydrogens is 180 g/mol. The first-order valence-electron chi connectivity index (χ1n) is 4.53. The van der Waals surface area contributed by atoms with Crippen LogP contribution in [0.25, 0.3) is 0 Å². The minimum Gasteiger partial charge on any atom is -0.476 e. The van der Waals surface area contributed by atoms with Gasteiger partial charge in [0.2, 0.25) is 5.90 Å². The maximum Gasteiger partial charge on any atom is 0.216 e. The normalized spacial score (nSPS) is 15.1. The summed E-state index contributed by atoms with van der Waals surface area (Å²) >= 11 is 0. The highest BCUT2D eigenvalue weighted by molar-refractivity contribution is 5.94. The van der Waals surface area contributed by atoms with E-state index >= 15 is 0 Å². The molecule has 0 unspecified atom stereocenters. The molecule has 2 rings (SSSR count). The minimum atomic E-state index is 0.452. The summed E-state index contributed by atoms with van der Waals surface area (Å²) < 4.78 is 5.32. The van der Waals surface area contributed by atoms with Crippen molar-refractivity contribution in [2.75, 3.05) is 13.2 Å². The zero-order chi connectivity index (χ0) is 9.80. The summed E-state index contributed by atoms with van der Waals surface area (Å²) in [6.07, 6.45) is 0. The Morgan fingerprint density at radius 3 is 2.71 bits per heavy atom. The average molecular weight is 192 g/mol. The van der Waals surface area contributed by atoms with Crippen molar-refractivity contribution in [1.29, 1.82) is 0 Å². The highest BCUT2D eigenvalue weighted by Crippen LogP contribution is 2.09. The Balaban J connectivity index is 2.13. The van der Waals surface area contributed by atoms with Gasteiger partial charge in [-0.05, 0) is 17.7 Å². The molecule has 1 aliphatic rings. The monoisotopic (exact) mass is 192 g/mol. The van der Waals surface area contributed by atoms with Gasteiger partial charge >= 0.3 is 0 Å². The molecule has 2 N–H and O–H groups in total. The first kappa shape index (κ1) is 9.18. The molecule has 0 aromatic heterocycles. The number of hydrogen-bond donors (Lipinski definition) is 2. The van der Waals surface area contributed by atoms with Gasteiger partial charge in [-0.15, -0.1) is 0 Å². The van der Waals surface area contributed by atoms with E-state index in [9.17, 15) is 0 Å². The summed E-state index contributed by atoms with van der Waals surface area (Å²) in [5, 5.41) is 8.50. The summed E-state index contributed by atoms with van der Waals surface area (Å²) in [7, 11) is 0. The summed E-state index contributed by atoms with van der Waals surface area (Å²) in [5.74, 6) is 0.716. The van der Waals surface area contributed by atoms with Gasteiger partial charge in [0.1, 0.15) is 6.61 Å². The van der Waals surface area contributed by atoms with Crippen molar-refractivity contribution in [3.05, 3.63) is 35.4 Å². The van der Waals surface area contributed by atoms with Crippen molar-refractivity contribution < 1.29 is 9.94 Å². The van der Waals surface area contributed by atoms with E-state index in [1.807, 2.05) is 24.3 Å². The predicted octanol–water partition coefficient (Wildman–Crippen LogP) is 0.942. The number of nitrogens with one attached hydrogen (secondary N) is 1. The van der Waals surface area contributed by atoms with Gasteiger partial charge in [-0.1, -0.05) is 12.1 Å². The Morgan fingerprint density at radius 2 is 2.14 bits per heavy atom. The van der Waals surface area contributed by atoms with Crippen LogP contribution in [0, 0.1) is 0 Å². The third-order valence-electron chi connectivity index (χ3n) is 2.07. The van der Waals surface area contributed by atoms with Crippen LogP contribution in [0.3, 0.4) is 0 Å². The Hall–Kier alpha value is -1.39. The van der Waals surface area contributed by atoms with Gasteiger partial charge in [0.25, 0.3) is 0 Å². The molecule has 0 saturated carbocycles. The van der Waals surface area contributed by atoms with Crippen LogP contribution in [0.15, 0.2) is 29.3 Å². The van der Waals surface area contributed by atoms with Crippen LogP contribution < -0.4 is 5.48 Å². The van der Waals surface area contributed by atoms with Gasteiger partial charge in [-0.25, -0.2) is 10.5 Å². The number of ether oxygens (including phenoxy) is 1. The average Bonchev–Trinajstić information content (AvgIpc) is 2.72. The molecule has 0 amide bonds. The molecule has 0 radical (unpaired) electrons. The van der Waals surface area contributed by atoms with Crippen LogP contribution in [0.5, 0.6) is 0 Å². The molecule has 74 valence electrons. The predicted molar refractivity (Wildman–Crippen MR) is 52.4 cm³/mol. The number of aliphatic imine (C=N–C) groups is 1. The fourth-order valence-corrected chi connectivity index (χ4v) is 1.37. The van der Waals surface area contributed by atoms with Gasteiger partial charge < -0.3 is 9.94 Å². The zero-order valence-electron chi connectivity index (χ0n) is 7.73. The van der Waals surface area contributed by atoms with Crippen molar-refractivity contribution in [3.63, 3.8) is 0 Å². The Bertz CT molecular complexity index is 332. The molecule has 1 heterocycles. The van der Waals surface area contributed by atoms with E-state index in [1.165, 1.54) is 0 Å². The Labute approximate surface area is 82.2 Å². The summed E-state index contributed by atoms with van der Waals surface area (Å²) in [6, 6.07) is 7.75. The number of benzene rings is 1. The standard InChI is InChI=1S/C10H12N2O2/c13-12-7-8-1-3-9(4-2-8)10-11-5-6-14-10/h1-4,12-13H,5-7H2. The molecule has 0 bridgehead atoms. The maximum absolute atomic E-state index is 8.50. The van der Waals surface area contributed by atoms with Crippen LogP contribution in [-0.4, -0.2) is 24.3 Å². The van der Waals surface area contributed by atoms with Crippen LogP contribution in [0.1, 0.15) is 11.1 Å². The molecule has 0 spiro atoms. The van der Waals surface area contributed by atoms with Gasteiger partial charge in [0, 0.05) is 12.1 Å². The summed E-state index contributed by atoms with van der Waals surface area (Å²) in [4.78, 5) is 4.21. The topological polar surface area (TPSA) is 53.8 Å². The minimum absolute atomic E-state index is 0.452. The van der Waals surface area contributed by atoms with Crippen LogP contribution in [0.4, 0.5) is 0 Å². The second kappa shape index (κ2) is 4.21. The van der Waals surface area contributed by atoms with E-state index in [2.05, 4.69) is 10.5 Å². The van der Waals surface area contributed by atoms with E-state index in [4.69, 9.17) is 9.94 Å². The summed E-state index contributed by atoms with van der Waals surface area (Å²) in [6.45, 7) is 1.87. The van der Waals surface area contributed by atoms with Crippen molar-refractivity contribution >= 4 is 5.90 Å². The second-order valence-electron chi connectivity index (χ2n) is 3.07.